The molecular formula is C22H28N6O4. The lowest BCUT2D eigenvalue weighted by Crippen LogP contribution is -2.42. The Labute approximate surface area is 186 Å². The predicted molar refractivity (Wildman–Crippen MR) is 115 cm³/mol. The van der Waals surface area contributed by atoms with Crippen LogP contribution in [0, 0.1) is 0 Å². The summed E-state index contributed by atoms with van der Waals surface area (Å²) in [4.78, 5) is 21.0. The van der Waals surface area contributed by atoms with Crippen LogP contribution in [0.25, 0.3) is 5.69 Å². The van der Waals surface area contributed by atoms with Gasteiger partial charge < -0.3 is 9.26 Å². The SMILES string of the molecule is CON(C)C(=O)c1cc([C@@H]2CC[C@@H](C)N(COCc3ccccc3-n3nccn3)C2)no1. The van der Waals surface area contributed by atoms with Crippen molar-refractivity contribution in [2.75, 3.05) is 27.4 Å². The van der Waals surface area contributed by atoms with E-state index in [0.29, 0.717) is 19.4 Å². The molecular weight excluding hydrogens is 412 g/mol. The number of amides is 1. The van der Waals surface area contributed by atoms with Gasteiger partial charge in [-0.3, -0.25) is 14.5 Å². The van der Waals surface area contributed by atoms with E-state index in [4.69, 9.17) is 14.1 Å². The van der Waals surface area contributed by atoms with Gasteiger partial charge in [-0.05, 0) is 25.8 Å². The Morgan fingerprint density at radius 1 is 1.25 bits per heavy atom. The van der Waals surface area contributed by atoms with Crippen molar-refractivity contribution in [3.05, 3.63) is 59.7 Å². The summed E-state index contributed by atoms with van der Waals surface area (Å²) in [5.74, 6) is -0.0101. The van der Waals surface area contributed by atoms with Gasteiger partial charge in [-0.15, -0.1) is 0 Å². The zero-order valence-corrected chi connectivity index (χ0v) is 18.5. The summed E-state index contributed by atoms with van der Waals surface area (Å²) < 4.78 is 11.3. The minimum atomic E-state index is -0.360. The molecule has 0 N–H and O–H groups in total. The van der Waals surface area contributed by atoms with Gasteiger partial charge in [0.25, 0.3) is 0 Å². The fourth-order valence-corrected chi connectivity index (χ4v) is 3.86. The van der Waals surface area contributed by atoms with Crippen molar-refractivity contribution in [2.24, 2.45) is 0 Å². The van der Waals surface area contributed by atoms with Crippen LogP contribution in [-0.2, 0) is 16.2 Å². The highest BCUT2D eigenvalue weighted by molar-refractivity contribution is 5.90. The Kier molecular flexibility index (Phi) is 6.93. The molecule has 0 bridgehead atoms. The van der Waals surface area contributed by atoms with Gasteiger partial charge in [0.1, 0.15) is 0 Å². The molecule has 4 rings (SSSR count). The summed E-state index contributed by atoms with van der Waals surface area (Å²) in [7, 11) is 2.96. The van der Waals surface area contributed by atoms with E-state index in [-0.39, 0.29) is 17.6 Å². The van der Waals surface area contributed by atoms with Crippen molar-refractivity contribution in [1.29, 1.82) is 0 Å². The Balaban J connectivity index is 1.36. The third-order valence-electron chi connectivity index (χ3n) is 5.87. The third kappa shape index (κ3) is 4.87. The van der Waals surface area contributed by atoms with Crippen molar-refractivity contribution in [3.63, 3.8) is 0 Å². The maximum Gasteiger partial charge on any atom is 0.315 e. The number of hydrogen-bond donors (Lipinski definition) is 0. The van der Waals surface area contributed by atoms with Crippen molar-refractivity contribution in [1.82, 2.24) is 30.1 Å². The fourth-order valence-electron chi connectivity index (χ4n) is 3.86. The first-order chi connectivity index (χ1) is 15.6. The molecule has 1 aromatic carbocycles. The van der Waals surface area contributed by atoms with Gasteiger partial charge in [-0.2, -0.15) is 15.0 Å². The lowest BCUT2D eigenvalue weighted by atomic mass is 9.91. The normalized spacial score (nSPS) is 19.2. The Morgan fingerprint density at radius 2 is 2.03 bits per heavy atom. The third-order valence-corrected chi connectivity index (χ3v) is 5.87. The van der Waals surface area contributed by atoms with Gasteiger partial charge in [0.2, 0.25) is 5.76 Å². The molecule has 2 atom stereocenters. The van der Waals surface area contributed by atoms with E-state index in [1.165, 1.54) is 14.2 Å². The van der Waals surface area contributed by atoms with Crippen molar-refractivity contribution >= 4 is 5.91 Å². The van der Waals surface area contributed by atoms with Crippen LogP contribution in [0.4, 0.5) is 0 Å². The Hall–Kier alpha value is -3.08. The number of carbonyl (C=O) groups excluding carboxylic acids is 1. The maximum absolute atomic E-state index is 12.2. The molecule has 1 aliphatic heterocycles. The molecule has 0 radical (unpaired) electrons. The smallest absolute Gasteiger partial charge is 0.315 e. The molecule has 2 aromatic heterocycles. The highest BCUT2D eigenvalue weighted by Gasteiger charge is 2.29. The fraction of sp³-hybridized carbons (Fsp3) is 0.455. The van der Waals surface area contributed by atoms with E-state index in [2.05, 4.69) is 27.2 Å². The van der Waals surface area contributed by atoms with Crippen LogP contribution in [0.1, 0.15) is 47.5 Å². The molecule has 32 heavy (non-hydrogen) atoms. The number of likely N-dealkylation sites (tertiary alicyclic amines) is 1. The molecule has 0 unspecified atom stereocenters. The average Bonchev–Trinajstić information content (AvgIpc) is 3.52. The number of benzene rings is 1. The number of hydrogen-bond acceptors (Lipinski definition) is 8. The van der Waals surface area contributed by atoms with Gasteiger partial charge in [-0.1, -0.05) is 23.4 Å². The quantitative estimate of drug-likeness (QED) is 0.493. The molecule has 10 heteroatoms. The molecule has 3 heterocycles. The zero-order chi connectivity index (χ0) is 22.5. The van der Waals surface area contributed by atoms with Crippen LogP contribution in [0.3, 0.4) is 0 Å². The van der Waals surface area contributed by atoms with E-state index in [1.807, 2.05) is 24.3 Å². The molecule has 0 aliphatic carbocycles. The number of aromatic nitrogens is 4. The van der Waals surface area contributed by atoms with Gasteiger partial charge in [0, 0.05) is 37.2 Å². The summed E-state index contributed by atoms with van der Waals surface area (Å²) in [6.07, 6.45) is 5.30. The van der Waals surface area contributed by atoms with E-state index in [9.17, 15) is 4.79 Å². The maximum atomic E-state index is 12.2. The second-order valence-corrected chi connectivity index (χ2v) is 7.92. The van der Waals surface area contributed by atoms with Gasteiger partial charge in [-0.25, -0.2) is 5.06 Å². The van der Waals surface area contributed by atoms with Crippen molar-refractivity contribution in [3.8, 4) is 5.69 Å². The molecule has 0 saturated carbocycles. The minimum absolute atomic E-state index is 0.175. The zero-order valence-electron chi connectivity index (χ0n) is 18.5. The lowest BCUT2D eigenvalue weighted by molar-refractivity contribution is -0.0776. The number of carbonyl (C=O) groups is 1. The number of nitrogens with zero attached hydrogens (tertiary/aromatic N) is 6. The number of hydroxylamine groups is 2. The second kappa shape index (κ2) is 10.0. The molecule has 1 saturated heterocycles. The van der Waals surface area contributed by atoms with Crippen LogP contribution >= 0.6 is 0 Å². The summed E-state index contributed by atoms with van der Waals surface area (Å²) in [5.41, 5.74) is 2.71. The Morgan fingerprint density at radius 3 is 2.81 bits per heavy atom. The number of para-hydroxylation sites is 1. The van der Waals surface area contributed by atoms with Crippen LogP contribution in [0.2, 0.25) is 0 Å². The summed E-state index contributed by atoms with van der Waals surface area (Å²) in [6, 6.07) is 10.0. The summed E-state index contributed by atoms with van der Waals surface area (Å²) in [5, 5.41) is 13.7. The van der Waals surface area contributed by atoms with Crippen molar-refractivity contribution < 1.29 is 18.9 Å². The largest absolute Gasteiger partial charge is 0.361 e. The first-order valence-electron chi connectivity index (χ1n) is 10.6. The average molecular weight is 441 g/mol. The van der Waals surface area contributed by atoms with E-state index >= 15 is 0 Å². The molecule has 170 valence electrons. The molecule has 1 amide bonds. The van der Waals surface area contributed by atoms with Crippen LogP contribution < -0.4 is 0 Å². The topological polar surface area (TPSA) is 98.8 Å². The summed E-state index contributed by atoms with van der Waals surface area (Å²) >= 11 is 0. The van der Waals surface area contributed by atoms with Crippen molar-refractivity contribution in [2.45, 2.75) is 38.3 Å². The predicted octanol–water partition coefficient (Wildman–Crippen LogP) is 2.63. The van der Waals surface area contributed by atoms with E-state index in [0.717, 1.165) is 41.4 Å². The molecule has 3 aromatic rings. The minimum Gasteiger partial charge on any atom is -0.361 e. The van der Waals surface area contributed by atoms with Gasteiger partial charge in [0.15, 0.2) is 0 Å². The number of rotatable bonds is 8. The van der Waals surface area contributed by atoms with E-state index < -0.39 is 0 Å². The monoisotopic (exact) mass is 440 g/mol. The Bertz CT molecular complexity index is 1020. The molecule has 10 nitrogen and oxygen atoms in total. The second-order valence-electron chi connectivity index (χ2n) is 7.92. The van der Waals surface area contributed by atoms with Crippen LogP contribution in [0.5, 0.6) is 0 Å². The molecule has 1 fully saturated rings. The number of piperidine rings is 1. The highest BCUT2D eigenvalue weighted by Crippen LogP contribution is 2.30. The lowest BCUT2D eigenvalue weighted by Gasteiger charge is -2.36. The first kappa shape index (κ1) is 22.1. The van der Waals surface area contributed by atoms with Gasteiger partial charge in [0.05, 0.1) is 44.2 Å². The standard InChI is InChI=1S/C22H28N6O4/c1-16-8-9-17(19-12-21(32-25-19)22(29)26(2)30-3)13-27(16)15-31-14-18-6-4-5-7-20(18)28-23-10-11-24-28/h4-7,10-12,16-17H,8-9,13-15H2,1-3H3/t16-,17-/m1/s1. The van der Waals surface area contributed by atoms with Gasteiger partial charge >= 0.3 is 5.91 Å². The molecule has 0 spiro atoms. The van der Waals surface area contributed by atoms with Crippen LogP contribution in [-0.4, -0.2) is 69.5 Å². The van der Waals surface area contributed by atoms with E-state index in [1.54, 1.807) is 23.3 Å². The number of ether oxygens (including phenoxy) is 1. The highest BCUT2D eigenvalue weighted by atomic mass is 16.7. The summed E-state index contributed by atoms with van der Waals surface area (Å²) in [6.45, 7) is 3.93. The molecule has 1 aliphatic rings. The van der Waals surface area contributed by atoms with Crippen LogP contribution in [0.15, 0.2) is 47.2 Å². The first-order valence-corrected chi connectivity index (χ1v) is 10.6.